The van der Waals surface area contributed by atoms with Crippen LogP contribution in [0.4, 0.5) is 0 Å². The highest BCUT2D eigenvalue weighted by atomic mass is 32.2. The fraction of sp³-hybridized carbons (Fsp3) is 0.533. The molecular weight excluding hydrogens is 258 g/mol. The third-order valence-electron chi connectivity index (χ3n) is 3.14. The van der Waals surface area contributed by atoms with Crippen LogP contribution in [-0.2, 0) is 11.2 Å². The molecule has 1 amide bonds. The van der Waals surface area contributed by atoms with E-state index in [4.69, 9.17) is 5.11 Å². The SMILES string of the molecule is CC(CO)C(C)NC(=O)CSCCc1ccccc1. The van der Waals surface area contributed by atoms with Crippen LogP contribution in [0, 0.1) is 5.92 Å². The molecule has 1 aromatic rings. The maximum absolute atomic E-state index is 11.7. The van der Waals surface area contributed by atoms with Gasteiger partial charge in [-0.25, -0.2) is 0 Å². The lowest BCUT2D eigenvalue weighted by Gasteiger charge is -2.19. The maximum Gasteiger partial charge on any atom is 0.230 e. The number of aliphatic hydroxyl groups is 1. The van der Waals surface area contributed by atoms with E-state index in [0.717, 1.165) is 12.2 Å². The van der Waals surface area contributed by atoms with Gasteiger partial charge in [-0.05, 0) is 30.6 Å². The van der Waals surface area contributed by atoms with Crippen molar-refractivity contribution in [2.24, 2.45) is 5.92 Å². The highest BCUT2D eigenvalue weighted by Gasteiger charge is 2.13. The first-order valence-corrected chi connectivity index (χ1v) is 7.81. The van der Waals surface area contributed by atoms with E-state index in [9.17, 15) is 4.79 Å². The molecule has 0 bridgehead atoms. The topological polar surface area (TPSA) is 49.3 Å². The van der Waals surface area contributed by atoms with Crippen LogP contribution in [0.3, 0.4) is 0 Å². The summed E-state index contributed by atoms with van der Waals surface area (Å²) in [5, 5.41) is 11.9. The van der Waals surface area contributed by atoms with Gasteiger partial charge < -0.3 is 10.4 Å². The number of aliphatic hydroxyl groups excluding tert-OH is 1. The molecule has 0 fully saturated rings. The Balaban J connectivity index is 2.14. The summed E-state index contributed by atoms with van der Waals surface area (Å²) in [6.07, 6.45) is 0.987. The number of thioether (sulfide) groups is 1. The lowest BCUT2D eigenvalue weighted by molar-refractivity contribution is -0.119. The van der Waals surface area contributed by atoms with Crippen molar-refractivity contribution in [3.05, 3.63) is 35.9 Å². The highest BCUT2D eigenvalue weighted by molar-refractivity contribution is 7.99. The molecular formula is C15H23NO2S. The number of rotatable bonds is 8. The van der Waals surface area contributed by atoms with Crippen LogP contribution in [0.5, 0.6) is 0 Å². The number of hydrogen-bond acceptors (Lipinski definition) is 3. The van der Waals surface area contributed by atoms with Crippen molar-refractivity contribution >= 4 is 17.7 Å². The van der Waals surface area contributed by atoms with Crippen molar-refractivity contribution in [1.82, 2.24) is 5.32 Å². The Kier molecular flexibility index (Phi) is 7.60. The second-order valence-electron chi connectivity index (χ2n) is 4.80. The van der Waals surface area contributed by atoms with Crippen LogP contribution in [0.2, 0.25) is 0 Å². The molecule has 0 saturated carbocycles. The summed E-state index contributed by atoms with van der Waals surface area (Å²) in [4.78, 5) is 11.7. The van der Waals surface area contributed by atoms with Gasteiger partial charge in [0.2, 0.25) is 5.91 Å². The van der Waals surface area contributed by atoms with Gasteiger partial charge in [-0.15, -0.1) is 0 Å². The molecule has 2 atom stereocenters. The van der Waals surface area contributed by atoms with E-state index in [2.05, 4.69) is 17.4 Å². The molecule has 0 aliphatic carbocycles. The third kappa shape index (κ3) is 6.64. The summed E-state index contributed by atoms with van der Waals surface area (Å²) in [5.74, 6) is 1.57. The number of hydrogen-bond donors (Lipinski definition) is 2. The van der Waals surface area contributed by atoms with Crippen LogP contribution in [0.1, 0.15) is 19.4 Å². The van der Waals surface area contributed by atoms with Gasteiger partial charge >= 0.3 is 0 Å². The average molecular weight is 281 g/mol. The van der Waals surface area contributed by atoms with E-state index in [1.54, 1.807) is 11.8 Å². The van der Waals surface area contributed by atoms with Crippen molar-refractivity contribution in [2.45, 2.75) is 26.3 Å². The zero-order valence-corrected chi connectivity index (χ0v) is 12.5. The Morgan fingerprint density at radius 1 is 1.32 bits per heavy atom. The molecule has 19 heavy (non-hydrogen) atoms. The lowest BCUT2D eigenvalue weighted by atomic mass is 10.1. The highest BCUT2D eigenvalue weighted by Crippen LogP contribution is 2.07. The molecule has 0 aromatic heterocycles. The third-order valence-corrected chi connectivity index (χ3v) is 4.10. The summed E-state index contributed by atoms with van der Waals surface area (Å²) in [7, 11) is 0. The Hall–Kier alpha value is -1.00. The Bertz CT molecular complexity index is 370. The van der Waals surface area contributed by atoms with E-state index in [-0.39, 0.29) is 24.5 Å². The van der Waals surface area contributed by atoms with Crippen LogP contribution in [0.25, 0.3) is 0 Å². The summed E-state index contributed by atoms with van der Waals surface area (Å²) < 4.78 is 0. The smallest absolute Gasteiger partial charge is 0.230 e. The Labute approximate surface area is 119 Å². The first-order valence-electron chi connectivity index (χ1n) is 6.65. The molecule has 4 heteroatoms. The minimum absolute atomic E-state index is 0.0206. The summed E-state index contributed by atoms with van der Waals surface area (Å²) >= 11 is 1.64. The van der Waals surface area contributed by atoms with Crippen LogP contribution >= 0.6 is 11.8 Å². The Morgan fingerprint density at radius 3 is 2.63 bits per heavy atom. The lowest BCUT2D eigenvalue weighted by Crippen LogP contribution is -2.39. The summed E-state index contributed by atoms with van der Waals surface area (Å²) in [6, 6.07) is 10.3. The largest absolute Gasteiger partial charge is 0.396 e. The molecule has 2 N–H and O–H groups in total. The molecule has 0 aliphatic rings. The molecule has 0 spiro atoms. The molecule has 0 aliphatic heterocycles. The van der Waals surface area contributed by atoms with Gasteiger partial charge in [-0.3, -0.25) is 4.79 Å². The molecule has 106 valence electrons. The number of amides is 1. The van der Waals surface area contributed by atoms with Gasteiger partial charge in [0.15, 0.2) is 0 Å². The van der Waals surface area contributed by atoms with Crippen molar-refractivity contribution in [2.75, 3.05) is 18.1 Å². The zero-order valence-electron chi connectivity index (χ0n) is 11.6. The van der Waals surface area contributed by atoms with Gasteiger partial charge in [0.05, 0.1) is 5.75 Å². The second-order valence-corrected chi connectivity index (χ2v) is 5.91. The van der Waals surface area contributed by atoms with E-state index in [0.29, 0.717) is 5.75 Å². The average Bonchev–Trinajstić information content (AvgIpc) is 2.43. The van der Waals surface area contributed by atoms with E-state index >= 15 is 0 Å². The monoisotopic (exact) mass is 281 g/mol. The number of aryl methyl sites for hydroxylation is 1. The maximum atomic E-state index is 11.7. The number of nitrogens with one attached hydrogen (secondary N) is 1. The molecule has 0 saturated heterocycles. The second kappa shape index (κ2) is 8.99. The molecule has 0 heterocycles. The Morgan fingerprint density at radius 2 is 2.00 bits per heavy atom. The van der Waals surface area contributed by atoms with Gasteiger partial charge in [-0.2, -0.15) is 11.8 Å². The van der Waals surface area contributed by atoms with Crippen LogP contribution < -0.4 is 5.32 Å². The van der Waals surface area contributed by atoms with E-state index in [1.165, 1.54) is 5.56 Å². The fourth-order valence-electron chi connectivity index (χ4n) is 1.60. The number of benzene rings is 1. The van der Waals surface area contributed by atoms with Crippen molar-refractivity contribution in [3.8, 4) is 0 Å². The van der Waals surface area contributed by atoms with Crippen LogP contribution in [0.15, 0.2) is 30.3 Å². The van der Waals surface area contributed by atoms with Gasteiger partial charge in [0, 0.05) is 12.6 Å². The number of carbonyl (C=O) groups excluding carboxylic acids is 1. The first kappa shape index (κ1) is 16.1. The van der Waals surface area contributed by atoms with Crippen molar-refractivity contribution in [1.29, 1.82) is 0 Å². The molecule has 2 unspecified atom stereocenters. The summed E-state index contributed by atoms with van der Waals surface area (Å²) in [5.41, 5.74) is 1.30. The standard InChI is InChI=1S/C15H23NO2S/c1-12(10-17)13(2)16-15(18)11-19-9-8-14-6-4-3-5-7-14/h3-7,12-13,17H,8-11H2,1-2H3,(H,16,18). The first-order chi connectivity index (χ1) is 9.13. The van der Waals surface area contributed by atoms with E-state index < -0.39 is 0 Å². The molecule has 1 aromatic carbocycles. The zero-order chi connectivity index (χ0) is 14.1. The normalized spacial score (nSPS) is 13.8. The van der Waals surface area contributed by atoms with Crippen LogP contribution in [-0.4, -0.2) is 35.2 Å². The van der Waals surface area contributed by atoms with Crippen molar-refractivity contribution in [3.63, 3.8) is 0 Å². The fourth-order valence-corrected chi connectivity index (χ4v) is 2.39. The predicted molar refractivity (Wildman–Crippen MR) is 81.3 cm³/mol. The predicted octanol–water partition coefficient (Wildman–Crippen LogP) is 2.10. The van der Waals surface area contributed by atoms with Gasteiger partial charge in [-0.1, -0.05) is 37.3 Å². The summed E-state index contributed by atoms with van der Waals surface area (Å²) in [6.45, 7) is 3.95. The molecule has 1 rings (SSSR count). The minimum atomic E-state index is 0.0206. The van der Waals surface area contributed by atoms with Gasteiger partial charge in [0.1, 0.15) is 0 Å². The van der Waals surface area contributed by atoms with E-state index in [1.807, 2.05) is 32.0 Å². The van der Waals surface area contributed by atoms with Crippen molar-refractivity contribution < 1.29 is 9.90 Å². The minimum Gasteiger partial charge on any atom is -0.396 e. The quantitative estimate of drug-likeness (QED) is 0.717. The van der Waals surface area contributed by atoms with Gasteiger partial charge in [0.25, 0.3) is 0 Å². The number of carbonyl (C=O) groups is 1. The molecule has 0 radical (unpaired) electrons. The molecule has 3 nitrogen and oxygen atoms in total.